The number of hydrogen-bond acceptors (Lipinski definition) is 7. The summed E-state index contributed by atoms with van der Waals surface area (Å²) in [5.74, 6) is 0.583. The van der Waals surface area contributed by atoms with Crippen LogP contribution in [0.4, 0.5) is 5.82 Å². The van der Waals surface area contributed by atoms with Gasteiger partial charge < -0.3 is 15.1 Å². The van der Waals surface area contributed by atoms with Crippen molar-refractivity contribution in [1.29, 1.82) is 0 Å². The number of hydrogen-bond donors (Lipinski definition) is 1. The van der Waals surface area contributed by atoms with Crippen LogP contribution in [0, 0.1) is 9.49 Å². The Kier molecular flexibility index (Phi) is 8.44. The number of nitrogens with zero attached hydrogens (tertiary/aromatic N) is 4. The van der Waals surface area contributed by atoms with E-state index >= 15 is 0 Å². The Morgan fingerprint density at radius 2 is 1.87 bits per heavy atom. The van der Waals surface area contributed by atoms with E-state index in [9.17, 15) is 13.2 Å². The summed E-state index contributed by atoms with van der Waals surface area (Å²) in [5, 5.41) is 4.28. The van der Waals surface area contributed by atoms with Crippen LogP contribution >= 0.6 is 22.6 Å². The molecule has 1 saturated carbocycles. The van der Waals surface area contributed by atoms with Crippen molar-refractivity contribution >= 4 is 55.1 Å². The number of amides is 1. The van der Waals surface area contributed by atoms with Gasteiger partial charge in [0.2, 0.25) is 5.91 Å². The molecule has 2 fully saturated rings. The Balaban J connectivity index is 1.37. The van der Waals surface area contributed by atoms with Crippen LogP contribution in [0.3, 0.4) is 0 Å². The summed E-state index contributed by atoms with van der Waals surface area (Å²) in [7, 11) is -1.37. The number of fused-ring (bicyclic) bond motifs is 1. The zero-order valence-electron chi connectivity index (χ0n) is 22.6. The number of benzene rings is 2. The number of nitrogens with one attached hydrogen (secondary N) is 1. The van der Waals surface area contributed by atoms with Gasteiger partial charge in [0.15, 0.2) is 9.84 Å². The fourth-order valence-electron chi connectivity index (χ4n) is 6.08. The number of rotatable bonds is 8. The molecule has 208 valence electrons. The standard InChI is InChI=1S/C29H36IN5O3S/c1-19(2)34(3)22-10-12-27(20(15-22)17-39(37,38)23-7-5-4-6-8-23)35-14-13-26(29(35)36)33-28-24-16-21(30)9-11-25(24)31-18-32-28/h4-9,11,16,18-20,22,26-27H,10,12-15,17H2,1-3H3,(H,31,32,33)/t20-,22+,26?,27-/m0/s1. The summed E-state index contributed by atoms with van der Waals surface area (Å²) in [6, 6.07) is 14.8. The lowest BCUT2D eigenvalue weighted by Gasteiger charge is -2.44. The third-order valence-corrected chi connectivity index (χ3v) is 10.9. The molecule has 1 aromatic heterocycles. The molecule has 4 atom stereocenters. The minimum atomic E-state index is -3.49. The highest BCUT2D eigenvalue weighted by Gasteiger charge is 2.44. The summed E-state index contributed by atoms with van der Waals surface area (Å²) in [5.41, 5.74) is 0.828. The van der Waals surface area contributed by atoms with Crippen molar-refractivity contribution in [3.8, 4) is 0 Å². The van der Waals surface area contributed by atoms with E-state index in [1.165, 1.54) is 6.33 Å². The lowest BCUT2D eigenvalue weighted by atomic mass is 9.81. The van der Waals surface area contributed by atoms with Gasteiger partial charge >= 0.3 is 0 Å². The van der Waals surface area contributed by atoms with Crippen molar-refractivity contribution in [2.75, 3.05) is 24.7 Å². The zero-order valence-corrected chi connectivity index (χ0v) is 25.6. The first-order valence-corrected chi connectivity index (χ1v) is 16.3. The number of likely N-dealkylation sites (tertiary alicyclic amines) is 1. The van der Waals surface area contributed by atoms with Crippen LogP contribution in [-0.2, 0) is 14.6 Å². The SMILES string of the molecule is CC(C)N(C)[C@@H]1CC[C@H](N2CCC(Nc3ncnc4ccc(I)cc34)C2=O)[C@H](CS(=O)(=O)c2ccccc2)C1. The minimum Gasteiger partial charge on any atom is -0.358 e. The van der Waals surface area contributed by atoms with Gasteiger partial charge in [-0.25, -0.2) is 18.4 Å². The molecule has 2 heterocycles. The maximum atomic E-state index is 13.8. The third kappa shape index (κ3) is 6.07. The Morgan fingerprint density at radius 1 is 1.10 bits per heavy atom. The van der Waals surface area contributed by atoms with Crippen molar-refractivity contribution < 1.29 is 13.2 Å². The molecule has 1 unspecified atom stereocenters. The molecule has 1 aliphatic heterocycles. The second-order valence-electron chi connectivity index (χ2n) is 11.0. The molecule has 2 aliphatic rings. The minimum absolute atomic E-state index is 0.0233. The average Bonchev–Trinajstić information content (AvgIpc) is 3.28. The first-order valence-electron chi connectivity index (χ1n) is 13.6. The predicted octanol–water partition coefficient (Wildman–Crippen LogP) is 4.60. The van der Waals surface area contributed by atoms with Gasteiger partial charge in [-0.05, 0) is 105 Å². The van der Waals surface area contributed by atoms with Crippen molar-refractivity contribution in [1.82, 2.24) is 19.8 Å². The van der Waals surface area contributed by atoms with E-state index in [-0.39, 0.29) is 23.6 Å². The van der Waals surface area contributed by atoms with Crippen LogP contribution in [0.25, 0.3) is 10.9 Å². The topological polar surface area (TPSA) is 95.5 Å². The van der Waals surface area contributed by atoms with Gasteiger partial charge in [-0.15, -0.1) is 0 Å². The highest BCUT2D eigenvalue weighted by Crippen LogP contribution is 2.36. The van der Waals surface area contributed by atoms with Crippen LogP contribution in [0.15, 0.2) is 59.8 Å². The van der Waals surface area contributed by atoms with E-state index in [1.54, 1.807) is 24.3 Å². The molecule has 1 amide bonds. The molecule has 1 aliphatic carbocycles. The Morgan fingerprint density at radius 3 is 2.62 bits per heavy atom. The largest absolute Gasteiger partial charge is 0.358 e. The number of halogens is 1. The Hall–Kier alpha value is -2.31. The van der Waals surface area contributed by atoms with Crippen LogP contribution in [0.2, 0.25) is 0 Å². The molecule has 0 bridgehead atoms. The number of aromatic nitrogens is 2. The summed E-state index contributed by atoms with van der Waals surface area (Å²) in [4.78, 5) is 27.2. The number of carbonyl (C=O) groups excluding carboxylic acids is 1. The first-order chi connectivity index (χ1) is 18.6. The maximum Gasteiger partial charge on any atom is 0.245 e. The highest BCUT2D eigenvalue weighted by atomic mass is 127. The van der Waals surface area contributed by atoms with E-state index in [0.717, 1.165) is 33.7 Å². The smallest absolute Gasteiger partial charge is 0.245 e. The van der Waals surface area contributed by atoms with E-state index in [4.69, 9.17) is 0 Å². The number of anilines is 1. The van der Waals surface area contributed by atoms with Crippen LogP contribution < -0.4 is 5.32 Å². The number of carbonyl (C=O) groups is 1. The van der Waals surface area contributed by atoms with Gasteiger partial charge in [0, 0.05) is 33.6 Å². The van der Waals surface area contributed by atoms with Gasteiger partial charge in [0.05, 0.1) is 16.2 Å². The van der Waals surface area contributed by atoms with E-state index in [2.05, 4.69) is 63.7 Å². The fourth-order valence-corrected chi connectivity index (χ4v) is 8.26. The van der Waals surface area contributed by atoms with E-state index in [0.29, 0.717) is 35.8 Å². The second kappa shape index (κ2) is 11.7. The summed E-state index contributed by atoms with van der Waals surface area (Å²) in [6.45, 7) is 4.94. The van der Waals surface area contributed by atoms with Crippen molar-refractivity contribution in [2.45, 2.75) is 68.6 Å². The van der Waals surface area contributed by atoms with Crippen LogP contribution in [-0.4, -0.2) is 77.6 Å². The van der Waals surface area contributed by atoms with Crippen LogP contribution in [0.1, 0.15) is 39.5 Å². The van der Waals surface area contributed by atoms with Gasteiger partial charge in [0.25, 0.3) is 0 Å². The van der Waals surface area contributed by atoms with Crippen molar-refractivity contribution in [2.24, 2.45) is 5.92 Å². The van der Waals surface area contributed by atoms with Crippen molar-refractivity contribution in [3.05, 3.63) is 58.4 Å². The van der Waals surface area contributed by atoms with Crippen molar-refractivity contribution in [3.63, 3.8) is 0 Å². The third-order valence-electron chi connectivity index (χ3n) is 8.39. The second-order valence-corrected chi connectivity index (χ2v) is 14.3. The first kappa shape index (κ1) is 28.2. The zero-order chi connectivity index (χ0) is 27.7. The molecule has 8 nitrogen and oxygen atoms in total. The summed E-state index contributed by atoms with van der Waals surface area (Å²) < 4.78 is 28.0. The summed E-state index contributed by atoms with van der Waals surface area (Å²) in [6.07, 6.45) is 4.66. The van der Waals surface area contributed by atoms with Gasteiger partial charge in [0.1, 0.15) is 18.2 Å². The van der Waals surface area contributed by atoms with Gasteiger partial charge in [-0.1, -0.05) is 18.2 Å². The van der Waals surface area contributed by atoms with E-state index in [1.807, 2.05) is 29.2 Å². The Bertz CT molecular complexity index is 1440. The molecule has 1 saturated heterocycles. The lowest BCUT2D eigenvalue weighted by molar-refractivity contribution is -0.132. The monoisotopic (exact) mass is 661 g/mol. The molecule has 39 heavy (non-hydrogen) atoms. The highest BCUT2D eigenvalue weighted by molar-refractivity contribution is 14.1. The molecule has 5 rings (SSSR count). The molecular formula is C29H36IN5O3S. The molecule has 0 spiro atoms. The number of sulfone groups is 1. The Labute approximate surface area is 244 Å². The summed E-state index contributed by atoms with van der Waals surface area (Å²) >= 11 is 2.26. The normalized spacial score (nSPS) is 24.2. The molecule has 0 radical (unpaired) electrons. The van der Waals surface area contributed by atoms with Crippen LogP contribution in [0.5, 0.6) is 0 Å². The fraction of sp³-hybridized carbons (Fsp3) is 0.483. The molecule has 2 aromatic carbocycles. The molecule has 3 aromatic rings. The molecule has 1 N–H and O–H groups in total. The van der Waals surface area contributed by atoms with E-state index < -0.39 is 15.9 Å². The molecule has 10 heteroatoms. The maximum absolute atomic E-state index is 13.8. The lowest BCUT2D eigenvalue weighted by Crippen LogP contribution is -2.52. The average molecular weight is 662 g/mol. The quantitative estimate of drug-likeness (QED) is 0.353. The van der Waals surface area contributed by atoms with Gasteiger partial charge in [-0.2, -0.15) is 0 Å². The molecular weight excluding hydrogens is 625 g/mol. The predicted molar refractivity (Wildman–Crippen MR) is 162 cm³/mol. The van der Waals surface area contributed by atoms with Gasteiger partial charge in [-0.3, -0.25) is 4.79 Å².